The van der Waals surface area contributed by atoms with Gasteiger partial charge >= 0.3 is 11.9 Å². The summed E-state index contributed by atoms with van der Waals surface area (Å²) in [5.74, 6) is -2.53. The molecule has 32 heavy (non-hydrogen) atoms. The van der Waals surface area contributed by atoms with Gasteiger partial charge in [0.15, 0.2) is 0 Å². The molecule has 0 heterocycles. The molecule has 0 aliphatic carbocycles. The number of carboxylic acids is 2. The van der Waals surface area contributed by atoms with Crippen molar-refractivity contribution in [2.45, 2.75) is 26.1 Å². The van der Waals surface area contributed by atoms with Gasteiger partial charge in [-0.3, -0.25) is 0 Å². The topological polar surface area (TPSA) is 93.1 Å². The Morgan fingerprint density at radius 2 is 1.00 bits per heavy atom. The van der Waals surface area contributed by atoms with Crippen LogP contribution in [0.25, 0.3) is 0 Å². The van der Waals surface area contributed by atoms with Crippen LogP contribution in [-0.4, -0.2) is 35.4 Å². The van der Waals surface area contributed by atoms with Gasteiger partial charge in [-0.25, -0.2) is 9.59 Å². The lowest BCUT2D eigenvalue weighted by atomic mass is 9.95. The zero-order chi connectivity index (χ0) is 22.8. The van der Waals surface area contributed by atoms with E-state index in [-0.39, 0.29) is 11.1 Å². The lowest BCUT2D eigenvalue weighted by molar-refractivity contribution is 0.0651. The average molecular weight is 434 g/mol. The molecule has 0 atom stereocenters. The van der Waals surface area contributed by atoms with E-state index >= 15 is 0 Å². The van der Waals surface area contributed by atoms with Crippen molar-refractivity contribution in [3.63, 3.8) is 0 Å². The molecule has 0 amide bonds. The van der Waals surface area contributed by atoms with E-state index in [1.165, 1.54) is 12.1 Å². The van der Waals surface area contributed by atoms with Gasteiger partial charge in [0.2, 0.25) is 0 Å². The lowest BCUT2D eigenvalue weighted by Gasteiger charge is -2.14. The van der Waals surface area contributed by atoms with Crippen LogP contribution >= 0.6 is 0 Å². The Balaban J connectivity index is 1.67. The summed E-state index contributed by atoms with van der Waals surface area (Å²) in [6.45, 7) is 1.68. The molecule has 2 N–H and O–H groups in total. The van der Waals surface area contributed by atoms with E-state index in [4.69, 9.17) is 9.47 Å². The molecule has 0 bridgehead atoms. The van der Waals surface area contributed by atoms with Crippen molar-refractivity contribution in [2.75, 3.05) is 13.2 Å². The second-order valence-electron chi connectivity index (χ2n) is 7.35. The Bertz CT molecular complexity index is 946. The molecule has 3 rings (SSSR count). The quantitative estimate of drug-likeness (QED) is 0.405. The van der Waals surface area contributed by atoms with Crippen LogP contribution in [0.5, 0.6) is 0 Å². The lowest BCUT2D eigenvalue weighted by Crippen LogP contribution is -2.13. The minimum atomic E-state index is -1.26. The van der Waals surface area contributed by atoms with Gasteiger partial charge in [0.1, 0.15) is 0 Å². The number of hydrogen-bond acceptors (Lipinski definition) is 4. The normalized spacial score (nSPS) is 10.8. The number of benzene rings is 3. The molecule has 6 heteroatoms. The summed E-state index contributed by atoms with van der Waals surface area (Å²) in [4.78, 5) is 23.2. The van der Waals surface area contributed by atoms with E-state index in [0.717, 1.165) is 22.3 Å². The summed E-state index contributed by atoms with van der Waals surface area (Å²) in [6.07, 6.45) is 0.946. The van der Waals surface area contributed by atoms with Gasteiger partial charge < -0.3 is 19.7 Å². The van der Waals surface area contributed by atoms with E-state index in [9.17, 15) is 19.8 Å². The van der Waals surface area contributed by atoms with Crippen LogP contribution in [0.3, 0.4) is 0 Å². The third-order valence-electron chi connectivity index (χ3n) is 5.06. The first-order chi connectivity index (χ1) is 15.5. The molecule has 0 aromatic heterocycles. The fraction of sp³-hybridized carbons (Fsp3) is 0.231. The van der Waals surface area contributed by atoms with E-state index in [1.54, 1.807) is 0 Å². The molecular weight excluding hydrogens is 408 g/mol. The molecular formula is C26H26O6. The van der Waals surface area contributed by atoms with E-state index in [2.05, 4.69) is 0 Å². The van der Waals surface area contributed by atoms with Crippen molar-refractivity contribution < 1.29 is 29.3 Å². The van der Waals surface area contributed by atoms with Crippen molar-refractivity contribution in [3.8, 4) is 0 Å². The third kappa shape index (κ3) is 6.77. The molecule has 166 valence electrons. The van der Waals surface area contributed by atoms with Gasteiger partial charge in [-0.2, -0.15) is 0 Å². The zero-order valence-electron chi connectivity index (χ0n) is 17.7. The molecule has 3 aromatic rings. The fourth-order valence-corrected chi connectivity index (χ4v) is 3.40. The highest BCUT2D eigenvalue weighted by Crippen LogP contribution is 2.20. The largest absolute Gasteiger partial charge is 0.478 e. The average Bonchev–Trinajstić information content (AvgIpc) is 2.81. The first-order valence-corrected chi connectivity index (χ1v) is 10.4. The van der Waals surface area contributed by atoms with Crippen molar-refractivity contribution in [1.82, 2.24) is 0 Å². The molecule has 0 radical (unpaired) electrons. The van der Waals surface area contributed by atoms with Gasteiger partial charge in [0.05, 0.1) is 37.6 Å². The maximum Gasteiger partial charge on any atom is 0.336 e. The zero-order valence-corrected chi connectivity index (χ0v) is 17.7. The van der Waals surface area contributed by atoms with Gasteiger partial charge in [-0.05, 0) is 47.2 Å². The summed E-state index contributed by atoms with van der Waals surface area (Å²) in [6, 6.07) is 22.4. The summed E-state index contributed by atoms with van der Waals surface area (Å²) >= 11 is 0. The number of carbonyl (C=O) groups is 2. The summed E-state index contributed by atoms with van der Waals surface area (Å²) in [5.41, 5.74) is 3.17. The van der Waals surface area contributed by atoms with Crippen molar-refractivity contribution in [1.29, 1.82) is 0 Å². The first kappa shape index (κ1) is 23.2. The van der Waals surface area contributed by atoms with Crippen LogP contribution in [-0.2, 0) is 35.5 Å². The maximum atomic E-state index is 11.6. The van der Waals surface area contributed by atoms with Crippen molar-refractivity contribution in [3.05, 3.63) is 106 Å². The molecule has 0 aliphatic heterocycles. The predicted octanol–water partition coefficient (Wildman–Crippen LogP) is 4.60. The highest BCUT2D eigenvalue weighted by atomic mass is 16.5. The van der Waals surface area contributed by atoms with E-state index in [1.807, 2.05) is 60.7 Å². The second-order valence-corrected chi connectivity index (χ2v) is 7.35. The molecule has 0 fully saturated rings. The third-order valence-corrected chi connectivity index (χ3v) is 5.06. The standard InChI is InChI=1S/C26H26O6/c27-25(28)23-15-21(11-13-31-17-19-7-3-1-4-8-19)22(16-24(23)26(29)30)12-14-32-18-20-9-5-2-6-10-20/h1-10,15-16H,11-14,17-18H2,(H,27,28)(H,29,30). The smallest absolute Gasteiger partial charge is 0.336 e. The summed E-state index contributed by atoms with van der Waals surface area (Å²) in [7, 11) is 0. The Labute approximate surface area is 187 Å². The number of hydrogen-bond donors (Lipinski definition) is 2. The SMILES string of the molecule is O=C(O)c1cc(CCOCc2ccccc2)c(CCOCc2ccccc2)cc1C(=O)O. The van der Waals surface area contributed by atoms with Gasteiger partial charge in [-0.1, -0.05) is 60.7 Å². The van der Waals surface area contributed by atoms with Gasteiger partial charge in [0, 0.05) is 0 Å². The minimum Gasteiger partial charge on any atom is -0.478 e. The maximum absolute atomic E-state index is 11.6. The number of carboxylic acid groups (broad SMARTS) is 2. The van der Waals surface area contributed by atoms with E-state index < -0.39 is 11.9 Å². The van der Waals surface area contributed by atoms with Gasteiger partial charge in [-0.15, -0.1) is 0 Å². The monoisotopic (exact) mass is 434 g/mol. The van der Waals surface area contributed by atoms with Crippen LogP contribution < -0.4 is 0 Å². The molecule has 6 nitrogen and oxygen atoms in total. The van der Waals surface area contributed by atoms with E-state index in [0.29, 0.717) is 39.3 Å². The number of ether oxygens (including phenoxy) is 2. The minimum absolute atomic E-state index is 0.218. The summed E-state index contributed by atoms with van der Waals surface area (Å²) < 4.78 is 11.5. The number of rotatable bonds is 12. The molecule has 0 saturated heterocycles. The Morgan fingerprint density at radius 3 is 1.34 bits per heavy atom. The van der Waals surface area contributed by atoms with Crippen LogP contribution in [0.2, 0.25) is 0 Å². The highest BCUT2D eigenvalue weighted by Gasteiger charge is 2.19. The molecule has 0 spiro atoms. The Morgan fingerprint density at radius 1 is 0.625 bits per heavy atom. The fourth-order valence-electron chi connectivity index (χ4n) is 3.40. The number of aromatic carboxylic acids is 2. The van der Waals surface area contributed by atoms with Gasteiger partial charge in [0.25, 0.3) is 0 Å². The molecule has 0 saturated carbocycles. The Kier molecular flexibility index (Phi) is 8.54. The summed E-state index contributed by atoms with van der Waals surface area (Å²) in [5, 5.41) is 18.9. The molecule has 3 aromatic carbocycles. The van der Waals surface area contributed by atoms with Crippen LogP contribution in [0.15, 0.2) is 72.8 Å². The predicted molar refractivity (Wildman–Crippen MR) is 120 cm³/mol. The molecule has 0 unspecified atom stereocenters. The van der Waals surface area contributed by atoms with Crippen LogP contribution in [0.1, 0.15) is 43.0 Å². The van der Waals surface area contributed by atoms with Crippen LogP contribution in [0, 0.1) is 0 Å². The second kappa shape index (κ2) is 11.8. The molecule has 0 aliphatic rings. The highest BCUT2D eigenvalue weighted by molar-refractivity contribution is 6.02. The van der Waals surface area contributed by atoms with Crippen LogP contribution in [0.4, 0.5) is 0 Å². The van der Waals surface area contributed by atoms with Crippen molar-refractivity contribution >= 4 is 11.9 Å². The Hall–Kier alpha value is -3.48. The van der Waals surface area contributed by atoms with Crippen molar-refractivity contribution in [2.24, 2.45) is 0 Å². The first-order valence-electron chi connectivity index (χ1n) is 10.4.